The summed E-state index contributed by atoms with van der Waals surface area (Å²) in [6.07, 6.45) is 5.95. The van der Waals surface area contributed by atoms with E-state index in [1.807, 2.05) is 12.1 Å². The predicted octanol–water partition coefficient (Wildman–Crippen LogP) is 6.19. The van der Waals surface area contributed by atoms with E-state index in [1.54, 1.807) is 38.3 Å². The average molecular weight is 635 g/mol. The fourth-order valence-corrected chi connectivity index (χ4v) is 5.29. The van der Waals surface area contributed by atoms with E-state index in [9.17, 15) is 9.59 Å². The third kappa shape index (κ3) is 6.23. The molecular formula is C27H29Br2N3O5. The number of hydrogen-bond acceptors (Lipinski definition) is 7. The van der Waals surface area contributed by atoms with Crippen LogP contribution in [0.4, 0.5) is 0 Å². The van der Waals surface area contributed by atoms with Crippen LogP contribution in [-0.2, 0) is 9.53 Å². The van der Waals surface area contributed by atoms with E-state index in [-0.39, 0.29) is 18.1 Å². The van der Waals surface area contributed by atoms with E-state index >= 15 is 0 Å². The molecule has 1 heterocycles. The molecule has 0 amide bonds. The van der Waals surface area contributed by atoms with Gasteiger partial charge in [0.25, 0.3) is 5.56 Å². The van der Waals surface area contributed by atoms with Crippen molar-refractivity contribution in [3.8, 4) is 11.5 Å². The molecule has 4 rings (SSSR count). The lowest BCUT2D eigenvalue weighted by Gasteiger charge is -2.23. The number of fused-ring (bicyclic) bond motifs is 1. The molecule has 1 aromatic heterocycles. The number of carbonyl (C=O) groups is 1. The number of ether oxygens (including phenoxy) is 3. The first-order valence-electron chi connectivity index (χ1n) is 12.3. The van der Waals surface area contributed by atoms with Crippen molar-refractivity contribution in [2.24, 2.45) is 5.10 Å². The maximum atomic E-state index is 13.6. The maximum absolute atomic E-state index is 13.6. The second-order valence-electron chi connectivity index (χ2n) is 8.87. The Bertz CT molecular complexity index is 1380. The monoisotopic (exact) mass is 633 g/mol. The number of aromatic nitrogens is 2. The molecule has 1 aliphatic carbocycles. The predicted molar refractivity (Wildman–Crippen MR) is 150 cm³/mol. The standard InChI is InChI=1S/C27H29Br2N3O5/c1-4-36-27(34)16(2)37-24-18(12-20(29)14-23(24)35-3)15-30-32-25(17-8-6-5-7-9-17)31-22-11-10-19(28)13-21(22)26(32)33/h10-17H,4-9H2,1-3H3/t16-/m1/s1. The Morgan fingerprint density at radius 3 is 2.65 bits per heavy atom. The molecule has 0 N–H and O–H groups in total. The Morgan fingerprint density at radius 2 is 1.95 bits per heavy atom. The Hall–Kier alpha value is -2.72. The van der Waals surface area contributed by atoms with Gasteiger partial charge in [-0.25, -0.2) is 9.78 Å². The van der Waals surface area contributed by atoms with Crippen LogP contribution in [0.1, 0.15) is 63.3 Å². The van der Waals surface area contributed by atoms with Crippen molar-refractivity contribution in [3.05, 3.63) is 61.0 Å². The molecule has 0 saturated heterocycles. The Labute approximate surface area is 232 Å². The lowest BCUT2D eigenvalue weighted by molar-refractivity contribution is -0.150. The number of benzene rings is 2. The van der Waals surface area contributed by atoms with Gasteiger partial charge in [-0.1, -0.05) is 51.1 Å². The highest BCUT2D eigenvalue weighted by Gasteiger charge is 2.24. The molecular weight excluding hydrogens is 606 g/mol. The first-order valence-corrected chi connectivity index (χ1v) is 13.9. The number of methoxy groups -OCH3 is 1. The Balaban J connectivity index is 1.83. The van der Waals surface area contributed by atoms with Crippen molar-refractivity contribution in [2.75, 3.05) is 13.7 Å². The Kier molecular flexibility index (Phi) is 9.02. The van der Waals surface area contributed by atoms with Gasteiger partial charge in [-0.05, 0) is 57.0 Å². The van der Waals surface area contributed by atoms with Crippen LogP contribution in [0.25, 0.3) is 10.9 Å². The zero-order chi connectivity index (χ0) is 26.5. The number of halogens is 2. The summed E-state index contributed by atoms with van der Waals surface area (Å²) >= 11 is 6.94. The zero-order valence-electron chi connectivity index (χ0n) is 21.0. The Morgan fingerprint density at radius 1 is 1.19 bits per heavy atom. The van der Waals surface area contributed by atoms with Gasteiger partial charge in [-0.2, -0.15) is 9.78 Å². The lowest BCUT2D eigenvalue weighted by atomic mass is 9.88. The average Bonchev–Trinajstić information content (AvgIpc) is 2.90. The highest BCUT2D eigenvalue weighted by Crippen LogP contribution is 2.35. The van der Waals surface area contributed by atoms with Crippen LogP contribution < -0.4 is 15.0 Å². The molecule has 37 heavy (non-hydrogen) atoms. The summed E-state index contributed by atoms with van der Waals surface area (Å²) in [5.41, 5.74) is 0.933. The number of esters is 1. The minimum Gasteiger partial charge on any atom is -0.493 e. The third-order valence-electron chi connectivity index (χ3n) is 6.30. The summed E-state index contributed by atoms with van der Waals surface area (Å²) in [5, 5.41) is 5.10. The molecule has 0 bridgehead atoms. The number of carbonyl (C=O) groups excluding carboxylic acids is 1. The van der Waals surface area contributed by atoms with E-state index in [4.69, 9.17) is 19.2 Å². The third-order valence-corrected chi connectivity index (χ3v) is 7.25. The van der Waals surface area contributed by atoms with E-state index in [2.05, 4.69) is 37.0 Å². The molecule has 0 aliphatic heterocycles. The van der Waals surface area contributed by atoms with Gasteiger partial charge >= 0.3 is 5.97 Å². The van der Waals surface area contributed by atoms with Crippen LogP contribution in [-0.4, -0.2) is 41.7 Å². The van der Waals surface area contributed by atoms with Crippen LogP contribution in [0, 0.1) is 0 Å². The summed E-state index contributed by atoms with van der Waals surface area (Å²) in [6, 6.07) is 9.02. The van der Waals surface area contributed by atoms with Crippen molar-refractivity contribution in [1.82, 2.24) is 9.66 Å². The normalized spacial score (nSPS) is 15.2. The van der Waals surface area contributed by atoms with Crippen LogP contribution >= 0.6 is 31.9 Å². The van der Waals surface area contributed by atoms with Crippen LogP contribution in [0.3, 0.4) is 0 Å². The van der Waals surface area contributed by atoms with E-state index in [0.717, 1.165) is 34.6 Å². The smallest absolute Gasteiger partial charge is 0.347 e. The van der Waals surface area contributed by atoms with Gasteiger partial charge in [0.2, 0.25) is 0 Å². The second kappa shape index (κ2) is 12.2. The van der Waals surface area contributed by atoms with Gasteiger partial charge in [-0.3, -0.25) is 4.79 Å². The van der Waals surface area contributed by atoms with Gasteiger partial charge in [0.05, 0.1) is 30.8 Å². The molecule has 8 nitrogen and oxygen atoms in total. The van der Waals surface area contributed by atoms with Crippen LogP contribution in [0.2, 0.25) is 0 Å². The van der Waals surface area contributed by atoms with Crippen molar-refractivity contribution < 1.29 is 19.0 Å². The van der Waals surface area contributed by atoms with Gasteiger partial charge < -0.3 is 14.2 Å². The fraction of sp³-hybridized carbons (Fsp3) is 0.407. The van der Waals surface area contributed by atoms with Gasteiger partial charge in [-0.15, -0.1) is 0 Å². The molecule has 0 unspecified atom stereocenters. The summed E-state index contributed by atoms with van der Waals surface area (Å²) in [6.45, 7) is 3.59. The summed E-state index contributed by atoms with van der Waals surface area (Å²) in [4.78, 5) is 30.8. The quantitative estimate of drug-likeness (QED) is 0.217. The first kappa shape index (κ1) is 27.3. The largest absolute Gasteiger partial charge is 0.493 e. The molecule has 1 aliphatic rings. The summed E-state index contributed by atoms with van der Waals surface area (Å²) in [5.74, 6) is 1.03. The number of rotatable bonds is 8. The first-order chi connectivity index (χ1) is 17.8. The molecule has 1 saturated carbocycles. The molecule has 1 atom stereocenters. The SMILES string of the molecule is CCOC(=O)[C@@H](C)Oc1c(C=Nn2c(C3CCCCC3)nc3ccc(Br)cc3c2=O)cc(Br)cc1OC. The van der Waals surface area contributed by atoms with Crippen molar-refractivity contribution in [1.29, 1.82) is 0 Å². The van der Waals surface area contributed by atoms with E-state index in [0.29, 0.717) is 33.8 Å². The van der Waals surface area contributed by atoms with Gasteiger partial charge in [0, 0.05) is 20.4 Å². The van der Waals surface area contributed by atoms with Crippen molar-refractivity contribution in [2.45, 2.75) is 58.0 Å². The maximum Gasteiger partial charge on any atom is 0.347 e. The molecule has 196 valence electrons. The minimum absolute atomic E-state index is 0.142. The minimum atomic E-state index is -0.873. The van der Waals surface area contributed by atoms with Gasteiger partial charge in [0.1, 0.15) is 5.82 Å². The molecule has 1 fully saturated rings. The highest BCUT2D eigenvalue weighted by atomic mass is 79.9. The number of nitrogens with zero attached hydrogens (tertiary/aromatic N) is 3. The molecule has 2 aromatic carbocycles. The van der Waals surface area contributed by atoms with Crippen LogP contribution in [0.15, 0.2) is 49.2 Å². The fourth-order valence-electron chi connectivity index (χ4n) is 4.47. The molecule has 10 heteroatoms. The van der Waals surface area contributed by atoms with Gasteiger partial charge in [0.15, 0.2) is 17.6 Å². The van der Waals surface area contributed by atoms with Crippen molar-refractivity contribution in [3.63, 3.8) is 0 Å². The van der Waals surface area contributed by atoms with Crippen molar-refractivity contribution >= 4 is 54.9 Å². The van der Waals surface area contributed by atoms with E-state index in [1.165, 1.54) is 18.2 Å². The van der Waals surface area contributed by atoms with E-state index < -0.39 is 12.1 Å². The molecule has 0 spiro atoms. The summed E-state index contributed by atoms with van der Waals surface area (Å²) in [7, 11) is 1.52. The second-order valence-corrected chi connectivity index (χ2v) is 10.7. The topological polar surface area (TPSA) is 92.0 Å². The summed E-state index contributed by atoms with van der Waals surface area (Å²) < 4.78 is 19.5. The molecule has 0 radical (unpaired) electrons. The lowest BCUT2D eigenvalue weighted by Crippen LogP contribution is -2.27. The zero-order valence-corrected chi connectivity index (χ0v) is 24.2. The molecule has 3 aromatic rings. The highest BCUT2D eigenvalue weighted by molar-refractivity contribution is 9.10. The van der Waals surface area contributed by atoms with Crippen LogP contribution in [0.5, 0.6) is 11.5 Å². The number of hydrogen-bond donors (Lipinski definition) is 0.